The van der Waals surface area contributed by atoms with Crippen LogP contribution >= 0.6 is 0 Å². The molecule has 0 aliphatic rings. The Kier molecular flexibility index (Phi) is 3.52. The van der Waals surface area contributed by atoms with E-state index >= 15 is 0 Å². The molecule has 0 saturated heterocycles. The number of benzene rings is 1. The highest BCUT2D eigenvalue weighted by atomic mass is 32.2. The van der Waals surface area contributed by atoms with Gasteiger partial charge >= 0.3 is 0 Å². The molecule has 0 aliphatic heterocycles. The Labute approximate surface area is 91.8 Å². The van der Waals surface area contributed by atoms with Crippen LogP contribution in [0.25, 0.3) is 0 Å². The van der Waals surface area contributed by atoms with E-state index in [-0.39, 0.29) is 6.04 Å². The molecule has 0 radical (unpaired) electrons. The standard InChI is InChI=1S/C11H17NO2S/c1-9(2)12(4)15(13,14)11-7-5-10(3)6-8-11/h5-9H,1-4H3. The number of hydrogen-bond acceptors (Lipinski definition) is 2. The maximum atomic E-state index is 12.0. The van der Waals surface area contributed by atoms with Gasteiger partial charge in [-0.3, -0.25) is 0 Å². The predicted molar refractivity (Wildman–Crippen MR) is 61.3 cm³/mol. The van der Waals surface area contributed by atoms with E-state index in [1.165, 1.54) is 4.31 Å². The molecular formula is C11H17NO2S. The van der Waals surface area contributed by atoms with Crippen LogP contribution in [0, 0.1) is 6.92 Å². The molecule has 0 amide bonds. The summed E-state index contributed by atoms with van der Waals surface area (Å²) in [6, 6.07) is 6.87. The SMILES string of the molecule is Cc1ccc(S(=O)(=O)N(C)C(C)C)cc1. The maximum absolute atomic E-state index is 12.0. The van der Waals surface area contributed by atoms with Gasteiger partial charge in [0.05, 0.1) is 4.90 Å². The molecule has 15 heavy (non-hydrogen) atoms. The molecule has 0 N–H and O–H groups in total. The largest absolute Gasteiger partial charge is 0.243 e. The molecule has 4 heteroatoms. The van der Waals surface area contributed by atoms with Gasteiger partial charge in [0.15, 0.2) is 0 Å². The van der Waals surface area contributed by atoms with Crippen molar-refractivity contribution in [3.05, 3.63) is 29.8 Å². The van der Waals surface area contributed by atoms with Gasteiger partial charge < -0.3 is 0 Å². The summed E-state index contributed by atoms with van der Waals surface area (Å²) in [6.45, 7) is 5.64. The van der Waals surface area contributed by atoms with E-state index in [1.807, 2.05) is 20.8 Å². The lowest BCUT2D eigenvalue weighted by Gasteiger charge is -2.20. The van der Waals surface area contributed by atoms with Crippen molar-refractivity contribution >= 4 is 10.0 Å². The van der Waals surface area contributed by atoms with E-state index in [9.17, 15) is 8.42 Å². The van der Waals surface area contributed by atoms with Crippen molar-refractivity contribution in [1.29, 1.82) is 0 Å². The van der Waals surface area contributed by atoms with Gasteiger partial charge in [-0.15, -0.1) is 0 Å². The highest BCUT2D eigenvalue weighted by Gasteiger charge is 2.22. The first-order chi connectivity index (χ1) is 6.85. The van der Waals surface area contributed by atoms with E-state index in [4.69, 9.17) is 0 Å². The van der Waals surface area contributed by atoms with Gasteiger partial charge in [-0.1, -0.05) is 17.7 Å². The summed E-state index contributed by atoms with van der Waals surface area (Å²) in [4.78, 5) is 0.351. The molecule has 0 aliphatic carbocycles. The average Bonchev–Trinajstić information content (AvgIpc) is 2.17. The normalized spacial score (nSPS) is 12.4. The number of nitrogens with zero attached hydrogens (tertiary/aromatic N) is 1. The number of hydrogen-bond donors (Lipinski definition) is 0. The first kappa shape index (κ1) is 12.2. The van der Waals surface area contributed by atoms with Crippen LogP contribution in [0.4, 0.5) is 0 Å². The van der Waals surface area contributed by atoms with E-state index < -0.39 is 10.0 Å². The summed E-state index contributed by atoms with van der Waals surface area (Å²) in [5, 5.41) is 0. The monoisotopic (exact) mass is 227 g/mol. The average molecular weight is 227 g/mol. The summed E-state index contributed by atoms with van der Waals surface area (Å²) in [7, 11) is -1.72. The lowest BCUT2D eigenvalue weighted by molar-refractivity contribution is 0.410. The minimum atomic E-state index is -3.32. The minimum Gasteiger partial charge on any atom is -0.207 e. The third-order valence-corrected chi connectivity index (χ3v) is 4.47. The van der Waals surface area contributed by atoms with Gasteiger partial charge in [-0.25, -0.2) is 8.42 Å². The molecule has 0 aromatic heterocycles. The van der Waals surface area contributed by atoms with E-state index in [2.05, 4.69) is 0 Å². The zero-order chi connectivity index (χ0) is 11.6. The number of aryl methyl sites for hydroxylation is 1. The lowest BCUT2D eigenvalue weighted by atomic mass is 10.2. The fraction of sp³-hybridized carbons (Fsp3) is 0.455. The highest BCUT2D eigenvalue weighted by molar-refractivity contribution is 7.89. The Morgan fingerprint density at radius 1 is 1.13 bits per heavy atom. The Morgan fingerprint density at radius 2 is 1.60 bits per heavy atom. The molecule has 0 unspecified atom stereocenters. The summed E-state index contributed by atoms with van der Waals surface area (Å²) in [6.07, 6.45) is 0. The molecule has 1 aromatic carbocycles. The van der Waals surface area contributed by atoms with Crippen LogP contribution in [-0.4, -0.2) is 25.8 Å². The zero-order valence-electron chi connectivity index (χ0n) is 9.56. The molecule has 1 rings (SSSR count). The molecule has 0 bridgehead atoms. The van der Waals surface area contributed by atoms with Crippen molar-refractivity contribution in [3.8, 4) is 0 Å². The molecule has 84 valence electrons. The molecule has 0 spiro atoms. The van der Waals surface area contributed by atoms with E-state index in [0.717, 1.165) is 5.56 Å². The van der Waals surface area contributed by atoms with Crippen LogP contribution in [0.2, 0.25) is 0 Å². The van der Waals surface area contributed by atoms with Crippen molar-refractivity contribution in [3.63, 3.8) is 0 Å². The van der Waals surface area contributed by atoms with Crippen LogP contribution in [0.15, 0.2) is 29.2 Å². The molecule has 3 nitrogen and oxygen atoms in total. The van der Waals surface area contributed by atoms with Gasteiger partial charge in [0.1, 0.15) is 0 Å². The summed E-state index contributed by atoms with van der Waals surface area (Å²) in [5.74, 6) is 0. The number of sulfonamides is 1. The van der Waals surface area contributed by atoms with Crippen LogP contribution in [0.1, 0.15) is 19.4 Å². The molecular weight excluding hydrogens is 210 g/mol. The predicted octanol–water partition coefficient (Wildman–Crippen LogP) is 2.02. The third kappa shape index (κ3) is 2.58. The van der Waals surface area contributed by atoms with Crippen molar-refractivity contribution in [2.75, 3.05) is 7.05 Å². The van der Waals surface area contributed by atoms with Crippen molar-refractivity contribution in [2.24, 2.45) is 0 Å². The highest BCUT2D eigenvalue weighted by Crippen LogP contribution is 2.16. The van der Waals surface area contributed by atoms with E-state index in [0.29, 0.717) is 4.90 Å². The van der Waals surface area contributed by atoms with Crippen LogP contribution in [-0.2, 0) is 10.0 Å². The topological polar surface area (TPSA) is 37.4 Å². The zero-order valence-corrected chi connectivity index (χ0v) is 10.4. The number of rotatable bonds is 3. The second-order valence-electron chi connectivity index (χ2n) is 3.93. The van der Waals surface area contributed by atoms with Crippen molar-refractivity contribution in [1.82, 2.24) is 4.31 Å². The first-order valence-electron chi connectivity index (χ1n) is 4.90. The Hall–Kier alpha value is -0.870. The Bertz CT molecular complexity index is 420. The van der Waals surface area contributed by atoms with Crippen molar-refractivity contribution < 1.29 is 8.42 Å². The minimum absolute atomic E-state index is 0.0312. The molecule has 0 atom stereocenters. The lowest BCUT2D eigenvalue weighted by Crippen LogP contribution is -2.32. The second kappa shape index (κ2) is 4.33. The molecule has 1 aromatic rings. The van der Waals surface area contributed by atoms with Gasteiger partial charge in [0.25, 0.3) is 0 Å². The first-order valence-corrected chi connectivity index (χ1v) is 6.34. The summed E-state index contributed by atoms with van der Waals surface area (Å²) in [5.41, 5.74) is 1.06. The van der Waals surface area contributed by atoms with Crippen molar-refractivity contribution in [2.45, 2.75) is 31.7 Å². The van der Waals surface area contributed by atoms with E-state index in [1.54, 1.807) is 31.3 Å². The maximum Gasteiger partial charge on any atom is 0.243 e. The molecule has 0 heterocycles. The molecule has 0 fully saturated rings. The fourth-order valence-electron chi connectivity index (χ4n) is 1.15. The van der Waals surface area contributed by atoms with Crippen LogP contribution in [0.5, 0.6) is 0 Å². The van der Waals surface area contributed by atoms with Gasteiger partial charge in [-0.2, -0.15) is 4.31 Å². The van der Waals surface area contributed by atoms with Gasteiger partial charge in [-0.05, 0) is 32.9 Å². The summed E-state index contributed by atoms with van der Waals surface area (Å²) < 4.78 is 25.4. The second-order valence-corrected chi connectivity index (χ2v) is 5.93. The quantitative estimate of drug-likeness (QED) is 0.792. The van der Waals surface area contributed by atoms with Gasteiger partial charge in [0, 0.05) is 13.1 Å². The Balaban J connectivity index is 3.12. The van der Waals surface area contributed by atoms with Gasteiger partial charge in [0.2, 0.25) is 10.0 Å². The van der Waals surface area contributed by atoms with Crippen LogP contribution in [0.3, 0.4) is 0 Å². The summed E-state index contributed by atoms with van der Waals surface area (Å²) >= 11 is 0. The fourth-order valence-corrected chi connectivity index (χ4v) is 2.52. The Morgan fingerprint density at radius 3 is 2.00 bits per heavy atom. The van der Waals surface area contributed by atoms with Crippen LogP contribution < -0.4 is 0 Å². The smallest absolute Gasteiger partial charge is 0.207 e. The third-order valence-electron chi connectivity index (χ3n) is 2.43. The molecule has 0 saturated carbocycles.